The van der Waals surface area contributed by atoms with Crippen LogP contribution in [0.2, 0.25) is 0 Å². The van der Waals surface area contributed by atoms with Crippen LogP contribution in [0.4, 0.5) is 0 Å². The molecule has 2 rings (SSSR count). The van der Waals surface area contributed by atoms with Crippen molar-refractivity contribution in [2.75, 3.05) is 0 Å². The van der Waals surface area contributed by atoms with Crippen LogP contribution in [0, 0.1) is 0 Å². The van der Waals surface area contributed by atoms with Gasteiger partial charge in [0.25, 0.3) is 0 Å². The monoisotopic (exact) mass is 394 g/mol. The molecule has 0 bridgehead atoms. The Morgan fingerprint density at radius 1 is 1.15 bits per heavy atom. The second kappa shape index (κ2) is 9.02. The molecule has 0 aliphatic heterocycles. The number of aliphatic hydroxyl groups is 1. The van der Waals surface area contributed by atoms with Crippen molar-refractivity contribution >= 4 is 35.3 Å². The van der Waals surface area contributed by atoms with Gasteiger partial charge >= 0.3 is 7.12 Å². The molecular formula is C20H31BO3S2. The molecule has 6 heteroatoms. The van der Waals surface area contributed by atoms with E-state index in [9.17, 15) is 10.1 Å². The van der Waals surface area contributed by atoms with Crippen molar-refractivity contribution in [3.05, 3.63) is 28.5 Å². The van der Waals surface area contributed by atoms with Gasteiger partial charge in [-0.3, -0.25) is 0 Å². The Hall–Kier alpha value is -0.655. The molecule has 2 aromatic heterocycles. The normalized spacial score (nSPS) is 12.6. The topological polar surface area (TPSA) is 49.7 Å². The van der Waals surface area contributed by atoms with Gasteiger partial charge in [0.2, 0.25) is 0 Å². The third-order valence-electron chi connectivity index (χ3n) is 4.98. The quantitative estimate of drug-likeness (QED) is 0.447. The van der Waals surface area contributed by atoms with Gasteiger partial charge in [-0.25, -0.2) is 0 Å². The molecule has 0 aliphatic carbocycles. The highest BCUT2D eigenvalue weighted by molar-refractivity contribution is 7.22. The van der Waals surface area contributed by atoms with Crippen molar-refractivity contribution in [2.24, 2.45) is 0 Å². The number of hydrogen-bond donors (Lipinski definition) is 2. The third kappa shape index (κ3) is 5.43. The first-order valence-corrected chi connectivity index (χ1v) is 11.1. The first-order valence-electron chi connectivity index (χ1n) is 9.40. The zero-order chi connectivity index (χ0) is 19.4. The highest BCUT2D eigenvalue weighted by Gasteiger charge is 2.40. The fourth-order valence-corrected chi connectivity index (χ4v) is 4.67. The van der Waals surface area contributed by atoms with Crippen LogP contribution in [-0.4, -0.2) is 28.5 Å². The molecule has 26 heavy (non-hydrogen) atoms. The first kappa shape index (κ1) is 21.6. The van der Waals surface area contributed by atoms with Crippen molar-refractivity contribution < 1.29 is 14.8 Å². The van der Waals surface area contributed by atoms with Crippen LogP contribution in [-0.2, 0) is 11.1 Å². The van der Waals surface area contributed by atoms with Crippen LogP contribution in [0.5, 0.6) is 0 Å². The van der Waals surface area contributed by atoms with Crippen molar-refractivity contribution in [3.63, 3.8) is 0 Å². The maximum atomic E-state index is 10.8. The van der Waals surface area contributed by atoms with Gasteiger partial charge in [-0.1, -0.05) is 32.3 Å². The van der Waals surface area contributed by atoms with Crippen molar-refractivity contribution in [2.45, 2.75) is 77.9 Å². The Kier molecular flexibility index (Phi) is 7.51. The molecule has 2 heterocycles. The van der Waals surface area contributed by atoms with E-state index >= 15 is 0 Å². The number of unbranched alkanes of at least 4 members (excludes halogenated alkanes) is 3. The molecule has 0 spiro atoms. The average Bonchev–Trinajstić information content (AvgIpc) is 3.19. The minimum absolute atomic E-state index is 0.806. The van der Waals surface area contributed by atoms with E-state index in [4.69, 9.17) is 4.65 Å². The molecule has 0 aliphatic rings. The maximum absolute atomic E-state index is 10.8. The molecule has 0 fully saturated rings. The molecule has 2 aromatic rings. The lowest BCUT2D eigenvalue weighted by molar-refractivity contribution is -0.0982. The van der Waals surface area contributed by atoms with Crippen LogP contribution >= 0.6 is 22.7 Å². The molecule has 0 saturated heterocycles. The minimum Gasteiger partial charge on any atom is -0.423 e. The molecule has 2 N–H and O–H groups in total. The zero-order valence-corrected chi connectivity index (χ0v) is 18.2. The number of rotatable bonds is 10. The van der Waals surface area contributed by atoms with Gasteiger partial charge in [0.1, 0.15) is 0 Å². The lowest BCUT2D eigenvalue weighted by Crippen LogP contribution is -2.53. The number of hydrogen-bond acceptors (Lipinski definition) is 5. The summed E-state index contributed by atoms with van der Waals surface area (Å²) in [5.74, 6) is 0. The average molecular weight is 394 g/mol. The molecule has 0 atom stereocenters. The summed E-state index contributed by atoms with van der Waals surface area (Å²) < 4.78 is 5.90. The highest BCUT2D eigenvalue weighted by atomic mass is 32.1. The summed E-state index contributed by atoms with van der Waals surface area (Å²) in [5.41, 5.74) is -1.13. The molecule has 3 nitrogen and oxygen atoms in total. The lowest BCUT2D eigenvalue weighted by Gasteiger charge is -2.38. The second-order valence-electron chi connectivity index (χ2n) is 7.82. The fraction of sp³-hybridized carbons (Fsp3) is 0.600. The highest BCUT2D eigenvalue weighted by Crippen LogP contribution is 2.32. The largest absolute Gasteiger partial charge is 0.493 e. The van der Waals surface area contributed by atoms with Crippen LogP contribution < -0.4 is 5.46 Å². The zero-order valence-electron chi connectivity index (χ0n) is 16.5. The van der Waals surface area contributed by atoms with Crippen LogP contribution in [0.1, 0.15) is 65.2 Å². The predicted octanol–water partition coefficient (Wildman–Crippen LogP) is 4.85. The van der Waals surface area contributed by atoms with E-state index in [0.29, 0.717) is 0 Å². The summed E-state index contributed by atoms with van der Waals surface area (Å²) in [7, 11) is -1.06. The van der Waals surface area contributed by atoms with E-state index in [2.05, 4.69) is 19.1 Å². The molecule has 0 radical (unpaired) electrons. The van der Waals surface area contributed by atoms with Gasteiger partial charge < -0.3 is 14.8 Å². The first-order chi connectivity index (χ1) is 12.2. The van der Waals surface area contributed by atoms with E-state index in [0.717, 1.165) is 21.6 Å². The number of aryl methyl sites for hydroxylation is 1. The number of thiophene rings is 2. The standard InChI is InChI=1S/C20H31BO3S2/c1-6-7-8-9-11-15-14-16(18(26-15)17-12-10-13-25-17)21(23)24-20(4,5)19(2,3)22/h10,12-14,22-23H,6-9,11H2,1-5H3. The Labute approximate surface area is 166 Å². The maximum Gasteiger partial charge on any atom is 0.493 e. The Balaban J connectivity index is 2.23. The third-order valence-corrected chi connectivity index (χ3v) is 7.24. The molecule has 144 valence electrons. The van der Waals surface area contributed by atoms with Gasteiger partial charge in [-0.15, -0.1) is 22.7 Å². The Morgan fingerprint density at radius 2 is 1.88 bits per heavy atom. The minimum atomic E-state index is -1.06. The molecule has 0 aromatic carbocycles. The smallest absolute Gasteiger partial charge is 0.423 e. The summed E-state index contributed by atoms with van der Waals surface area (Å²) in [6, 6.07) is 6.18. The van der Waals surface area contributed by atoms with E-state index < -0.39 is 18.3 Å². The van der Waals surface area contributed by atoms with Crippen molar-refractivity contribution in [1.82, 2.24) is 0 Å². The Morgan fingerprint density at radius 3 is 2.46 bits per heavy atom. The van der Waals surface area contributed by atoms with Crippen LogP contribution in [0.3, 0.4) is 0 Å². The summed E-state index contributed by atoms with van der Waals surface area (Å²) in [5, 5.41) is 23.2. The van der Waals surface area contributed by atoms with Gasteiger partial charge in [-0.2, -0.15) is 0 Å². The molecule has 0 unspecified atom stereocenters. The fourth-order valence-electron chi connectivity index (χ4n) is 2.58. The second-order valence-corrected chi connectivity index (χ2v) is 9.91. The predicted molar refractivity (Wildman–Crippen MR) is 115 cm³/mol. The van der Waals surface area contributed by atoms with Crippen molar-refractivity contribution in [3.8, 4) is 9.75 Å². The van der Waals surface area contributed by atoms with Crippen LogP contribution in [0.25, 0.3) is 9.75 Å². The Bertz CT molecular complexity index is 672. The summed E-state index contributed by atoms with van der Waals surface area (Å²) >= 11 is 3.42. The molecule has 0 amide bonds. The van der Waals surface area contributed by atoms with E-state index in [-0.39, 0.29) is 0 Å². The lowest BCUT2D eigenvalue weighted by atomic mass is 9.76. The van der Waals surface area contributed by atoms with E-state index in [1.807, 2.05) is 11.4 Å². The van der Waals surface area contributed by atoms with Gasteiger partial charge in [0.15, 0.2) is 0 Å². The summed E-state index contributed by atoms with van der Waals surface area (Å²) in [6.45, 7) is 9.23. The SMILES string of the molecule is CCCCCCc1cc(B(O)OC(C)(C)C(C)(C)O)c(-c2cccs2)s1. The molecule has 0 saturated carbocycles. The van der Waals surface area contributed by atoms with Crippen molar-refractivity contribution in [1.29, 1.82) is 0 Å². The molecular weight excluding hydrogens is 363 g/mol. The van der Waals surface area contributed by atoms with Crippen LogP contribution in [0.15, 0.2) is 23.6 Å². The summed E-state index contributed by atoms with van der Waals surface area (Å²) in [6.07, 6.45) is 5.94. The van der Waals surface area contributed by atoms with E-state index in [1.165, 1.54) is 30.6 Å². The van der Waals surface area contributed by atoms with Gasteiger partial charge in [0, 0.05) is 20.1 Å². The van der Waals surface area contributed by atoms with Gasteiger partial charge in [0.05, 0.1) is 11.2 Å². The van der Waals surface area contributed by atoms with E-state index in [1.54, 1.807) is 50.4 Å². The summed E-state index contributed by atoms with van der Waals surface area (Å²) in [4.78, 5) is 3.50. The van der Waals surface area contributed by atoms with Gasteiger partial charge in [-0.05, 0) is 58.0 Å².